The Hall–Kier alpha value is -4.20. The molecule has 3 aromatic rings. The van der Waals surface area contributed by atoms with Gasteiger partial charge < -0.3 is 74.4 Å². The zero-order chi connectivity index (χ0) is 32.2. The Balaban J connectivity index is 1.64. The van der Waals surface area contributed by atoms with Crippen LogP contribution in [0.1, 0.15) is 6.92 Å². The monoisotopic (exact) mass is 624 g/mol. The van der Waals surface area contributed by atoms with Crippen molar-refractivity contribution in [3.63, 3.8) is 0 Å². The third-order valence-electron chi connectivity index (χ3n) is 7.28. The number of carbonyl (C=O) groups is 1. The van der Waals surface area contributed by atoms with Gasteiger partial charge in [0.1, 0.15) is 53.0 Å². The lowest BCUT2D eigenvalue weighted by molar-refractivity contribution is -0.351. The Morgan fingerprint density at radius 3 is 2.16 bits per heavy atom. The highest BCUT2D eigenvalue weighted by Crippen LogP contribution is 2.40. The fraction of sp³-hybridized carbons (Fsp3) is 0.407. The second-order valence-corrected chi connectivity index (χ2v) is 10.3. The van der Waals surface area contributed by atoms with Gasteiger partial charge in [-0.3, -0.25) is 4.79 Å². The van der Waals surface area contributed by atoms with Crippen LogP contribution in [0.25, 0.3) is 22.3 Å². The number of hydrogen-bond acceptors (Lipinski definition) is 16. The molecule has 0 amide bonds. The van der Waals surface area contributed by atoms with Crippen molar-refractivity contribution >= 4 is 16.9 Å². The molecular formula is C27H28O17. The molecule has 2 fully saturated rings. The zero-order valence-electron chi connectivity index (χ0n) is 22.5. The van der Waals surface area contributed by atoms with Gasteiger partial charge in [0, 0.05) is 17.7 Å². The molecule has 0 bridgehead atoms. The summed E-state index contributed by atoms with van der Waals surface area (Å²) in [6.45, 7) is 1.33. The van der Waals surface area contributed by atoms with Gasteiger partial charge in [-0.15, -0.1) is 0 Å². The van der Waals surface area contributed by atoms with Gasteiger partial charge in [0.05, 0.1) is 6.10 Å². The topological polar surface area (TPSA) is 286 Å². The molecule has 17 nitrogen and oxygen atoms in total. The van der Waals surface area contributed by atoms with Gasteiger partial charge in [-0.05, 0) is 25.1 Å². The molecule has 2 aliphatic rings. The minimum absolute atomic E-state index is 0.113. The summed E-state index contributed by atoms with van der Waals surface area (Å²) >= 11 is 0. The molecule has 3 heterocycles. The molecule has 10 atom stereocenters. The van der Waals surface area contributed by atoms with Crippen molar-refractivity contribution < 1.29 is 79.2 Å². The van der Waals surface area contributed by atoms with Crippen LogP contribution < -0.4 is 10.2 Å². The molecule has 0 aliphatic carbocycles. The minimum atomic E-state index is -2.16. The van der Waals surface area contributed by atoms with Crippen LogP contribution in [0.15, 0.2) is 39.5 Å². The second-order valence-electron chi connectivity index (χ2n) is 10.3. The second kappa shape index (κ2) is 11.7. The first kappa shape index (κ1) is 31.2. The molecule has 5 rings (SSSR count). The number of hydrogen-bond donors (Lipinski definition) is 10. The molecule has 2 saturated heterocycles. The maximum absolute atomic E-state index is 13.7. The fourth-order valence-electron chi connectivity index (χ4n) is 4.91. The highest BCUT2D eigenvalue weighted by Gasteiger charge is 2.53. The van der Waals surface area contributed by atoms with Gasteiger partial charge in [0.2, 0.25) is 17.5 Å². The lowest BCUT2D eigenvalue weighted by Crippen LogP contribution is -2.65. The van der Waals surface area contributed by atoms with Crippen molar-refractivity contribution in [2.45, 2.75) is 68.3 Å². The lowest BCUT2D eigenvalue weighted by atomic mass is 9.97. The van der Waals surface area contributed by atoms with E-state index in [0.717, 1.165) is 24.3 Å². The molecular weight excluding hydrogens is 596 g/mol. The van der Waals surface area contributed by atoms with Gasteiger partial charge in [-0.25, -0.2) is 4.79 Å². The molecule has 44 heavy (non-hydrogen) atoms. The van der Waals surface area contributed by atoms with Crippen LogP contribution >= 0.6 is 0 Å². The summed E-state index contributed by atoms with van der Waals surface area (Å²) in [4.78, 5) is 25.6. The number of carboxylic acids is 1. The average Bonchev–Trinajstić information content (AvgIpc) is 2.96. The van der Waals surface area contributed by atoms with Crippen molar-refractivity contribution in [2.24, 2.45) is 0 Å². The van der Waals surface area contributed by atoms with Crippen molar-refractivity contribution in [3.8, 4) is 40.1 Å². The van der Waals surface area contributed by atoms with E-state index in [4.69, 9.17) is 23.4 Å². The number of carboxylic acid groups (broad SMARTS) is 1. The van der Waals surface area contributed by atoms with Gasteiger partial charge in [0.15, 0.2) is 35.8 Å². The molecule has 0 radical (unpaired) electrons. The zero-order valence-corrected chi connectivity index (χ0v) is 22.5. The maximum Gasteiger partial charge on any atom is 0.335 e. The molecule has 1 aromatic heterocycles. The Morgan fingerprint density at radius 1 is 0.795 bits per heavy atom. The van der Waals surface area contributed by atoms with Gasteiger partial charge >= 0.3 is 5.97 Å². The minimum Gasteiger partial charge on any atom is -0.508 e. The van der Waals surface area contributed by atoms with Crippen molar-refractivity contribution in [1.82, 2.24) is 0 Å². The smallest absolute Gasteiger partial charge is 0.335 e. The average molecular weight is 625 g/mol. The first-order valence-electron chi connectivity index (χ1n) is 13.0. The molecule has 2 aromatic carbocycles. The van der Waals surface area contributed by atoms with Crippen LogP contribution in [0.2, 0.25) is 0 Å². The van der Waals surface area contributed by atoms with Crippen LogP contribution in [0.5, 0.6) is 28.7 Å². The lowest BCUT2D eigenvalue weighted by Gasteiger charge is -2.45. The first-order valence-corrected chi connectivity index (χ1v) is 13.0. The van der Waals surface area contributed by atoms with Gasteiger partial charge in [-0.1, -0.05) is 0 Å². The molecule has 0 unspecified atom stereocenters. The maximum atomic E-state index is 13.7. The summed E-state index contributed by atoms with van der Waals surface area (Å²) in [7, 11) is 0. The van der Waals surface area contributed by atoms with Crippen molar-refractivity contribution in [2.75, 3.05) is 0 Å². The van der Waals surface area contributed by atoms with E-state index < -0.39 is 113 Å². The summed E-state index contributed by atoms with van der Waals surface area (Å²) in [5.41, 5.74) is -1.60. The number of benzene rings is 2. The summed E-state index contributed by atoms with van der Waals surface area (Å²) in [5, 5.41) is 101. The number of ether oxygens (including phenoxy) is 4. The predicted octanol–water partition coefficient (Wildman–Crippen LogP) is -1.59. The fourth-order valence-corrected chi connectivity index (χ4v) is 4.91. The van der Waals surface area contributed by atoms with E-state index in [1.807, 2.05) is 0 Å². The number of aliphatic hydroxyl groups excluding tert-OH is 5. The number of aromatic hydroxyl groups is 4. The Kier molecular flexibility index (Phi) is 8.31. The predicted molar refractivity (Wildman–Crippen MR) is 141 cm³/mol. The number of aliphatic hydroxyl groups is 5. The van der Waals surface area contributed by atoms with Crippen LogP contribution in [-0.2, 0) is 19.0 Å². The number of phenols is 4. The molecule has 17 heteroatoms. The van der Waals surface area contributed by atoms with Crippen LogP contribution in [-0.4, -0.2) is 118 Å². The number of phenolic OH excluding ortho intramolecular Hbond substituents is 4. The Labute approximate surface area is 245 Å². The van der Waals surface area contributed by atoms with E-state index in [1.54, 1.807) is 0 Å². The van der Waals surface area contributed by atoms with E-state index >= 15 is 0 Å². The standard InChI is InChI=1S/C27H28O17/c1-7-15(32)17(34)20(37)26(40-7)44-24-19(36)18(35)23(25(38)39)43-27(24)42-22-16(33)14-12(31)5-9(28)6-13(14)41-21(22)8-2-3-10(29)11(30)4-8/h2-7,15,17-20,23-24,26-32,34-37H,1H3,(H,38,39)/t7-,15-,17+,18+,19+,20+,23-,24+,26+,27-/m0/s1. The molecule has 2 aliphatic heterocycles. The van der Waals surface area contributed by atoms with Gasteiger partial charge in [-0.2, -0.15) is 0 Å². The quantitative estimate of drug-likeness (QED) is 0.138. The van der Waals surface area contributed by atoms with Gasteiger partial charge in [0.25, 0.3) is 0 Å². The number of aliphatic carboxylic acids is 1. The summed E-state index contributed by atoms with van der Waals surface area (Å²) < 4.78 is 27.8. The summed E-state index contributed by atoms with van der Waals surface area (Å²) in [5.74, 6) is -5.53. The Morgan fingerprint density at radius 2 is 1.50 bits per heavy atom. The van der Waals surface area contributed by atoms with E-state index in [1.165, 1.54) is 13.0 Å². The van der Waals surface area contributed by atoms with E-state index in [-0.39, 0.29) is 11.1 Å². The highest BCUT2D eigenvalue weighted by molar-refractivity contribution is 5.88. The molecule has 0 spiro atoms. The van der Waals surface area contributed by atoms with E-state index in [0.29, 0.717) is 0 Å². The van der Waals surface area contributed by atoms with Crippen LogP contribution in [0, 0.1) is 0 Å². The van der Waals surface area contributed by atoms with Crippen molar-refractivity contribution in [3.05, 3.63) is 40.6 Å². The largest absolute Gasteiger partial charge is 0.508 e. The summed E-state index contributed by atoms with van der Waals surface area (Å²) in [6.07, 6.45) is -18.7. The third kappa shape index (κ3) is 5.46. The molecule has 238 valence electrons. The Bertz CT molecular complexity index is 1620. The number of rotatable bonds is 6. The van der Waals surface area contributed by atoms with E-state index in [9.17, 15) is 60.7 Å². The first-order chi connectivity index (χ1) is 20.7. The molecule has 0 saturated carbocycles. The van der Waals surface area contributed by atoms with Crippen LogP contribution in [0.3, 0.4) is 0 Å². The van der Waals surface area contributed by atoms with Crippen LogP contribution in [0.4, 0.5) is 0 Å². The third-order valence-corrected chi connectivity index (χ3v) is 7.28. The SMILES string of the molecule is C[C@@H]1O[C@H](O[C@H]2[C@@H](Oc3c(-c4ccc(O)c(O)c4)oc4cc(O)cc(O)c4c3=O)O[C@H](C(=O)O)[C@H](O)[C@H]2O)[C@H](O)[C@H](O)[C@H]1O. The van der Waals surface area contributed by atoms with E-state index in [2.05, 4.69) is 0 Å². The normalized spacial score (nSPS) is 32.4. The van der Waals surface area contributed by atoms with Crippen molar-refractivity contribution in [1.29, 1.82) is 0 Å². The highest BCUT2D eigenvalue weighted by atomic mass is 16.8. The molecule has 10 N–H and O–H groups in total. The number of fused-ring (bicyclic) bond motifs is 1. The summed E-state index contributed by atoms with van der Waals surface area (Å²) in [6, 6.07) is 4.98.